The number of hydrogen-bond acceptors (Lipinski definition) is 10. The first-order valence-electron chi connectivity index (χ1n) is 20.0. The summed E-state index contributed by atoms with van der Waals surface area (Å²) in [5.41, 5.74) is 2.05. The number of benzene rings is 2. The topological polar surface area (TPSA) is 144 Å². The predicted molar refractivity (Wildman–Crippen MR) is 215 cm³/mol. The number of methoxy groups -OCH3 is 1. The number of sulfonamides is 1. The lowest BCUT2D eigenvalue weighted by atomic mass is 9.64. The van der Waals surface area contributed by atoms with Crippen LogP contribution < -0.4 is 19.7 Å². The summed E-state index contributed by atoms with van der Waals surface area (Å²) in [4.78, 5) is 41.8. The highest BCUT2D eigenvalue weighted by Gasteiger charge is 2.49. The van der Waals surface area contributed by atoms with Gasteiger partial charge in [-0.3, -0.25) is 14.4 Å². The van der Waals surface area contributed by atoms with Crippen LogP contribution in [0.2, 0.25) is 5.02 Å². The number of halogens is 1. The lowest BCUT2D eigenvalue weighted by Gasteiger charge is -2.48. The van der Waals surface area contributed by atoms with Crippen LogP contribution in [0.1, 0.15) is 74.4 Å². The molecule has 1 spiro atoms. The number of fused-ring (bicyclic) bond motifs is 5. The molecule has 1 saturated carbocycles. The molecular weight excluding hydrogens is 756 g/mol. The van der Waals surface area contributed by atoms with Gasteiger partial charge >= 0.3 is 0 Å². The van der Waals surface area contributed by atoms with Gasteiger partial charge in [-0.15, -0.1) is 0 Å². The van der Waals surface area contributed by atoms with Crippen molar-refractivity contribution < 1.29 is 37.0 Å². The van der Waals surface area contributed by atoms with Crippen molar-refractivity contribution in [1.29, 1.82) is 0 Å². The Morgan fingerprint density at radius 3 is 2.66 bits per heavy atom. The number of amides is 2. The second-order valence-electron chi connectivity index (χ2n) is 16.6. The number of piperazine rings is 1. The molecule has 2 aliphatic carbocycles. The van der Waals surface area contributed by atoms with E-state index in [2.05, 4.69) is 27.1 Å². The van der Waals surface area contributed by atoms with Gasteiger partial charge in [-0.2, -0.15) is 0 Å². The second-order valence-corrected chi connectivity index (χ2v) is 19.0. The van der Waals surface area contributed by atoms with Crippen molar-refractivity contribution in [1.82, 2.24) is 14.9 Å². The first-order valence-corrected chi connectivity index (χ1v) is 21.9. The van der Waals surface area contributed by atoms with E-state index >= 15 is 0 Å². The number of ether oxygens (including phenoxy) is 3. The van der Waals surface area contributed by atoms with E-state index in [1.807, 2.05) is 37.0 Å². The first-order chi connectivity index (χ1) is 26.8. The van der Waals surface area contributed by atoms with Crippen LogP contribution in [0.3, 0.4) is 0 Å². The summed E-state index contributed by atoms with van der Waals surface area (Å²) in [7, 11) is -2.41. The Morgan fingerprint density at radius 1 is 1.09 bits per heavy atom. The molecule has 0 unspecified atom stereocenters. The van der Waals surface area contributed by atoms with E-state index in [0.717, 1.165) is 63.7 Å². The molecule has 2 aromatic carbocycles. The normalized spacial score (nSPS) is 34.4. The van der Waals surface area contributed by atoms with Crippen molar-refractivity contribution in [2.24, 2.45) is 17.8 Å². The molecule has 8 rings (SSSR count). The van der Waals surface area contributed by atoms with Gasteiger partial charge in [0.15, 0.2) is 6.29 Å². The number of hydrogen-bond donors (Lipinski definition) is 2. The number of nitrogens with one attached hydrogen (secondary N) is 2. The quantitative estimate of drug-likeness (QED) is 0.325. The third kappa shape index (κ3) is 7.86. The van der Waals surface area contributed by atoms with Crippen molar-refractivity contribution >= 4 is 45.4 Å². The van der Waals surface area contributed by atoms with Crippen LogP contribution in [0.25, 0.3) is 0 Å². The Kier molecular flexibility index (Phi) is 11.9. The molecule has 0 aromatic heterocycles. The molecule has 14 heteroatoms. The van der Waals surface area contributed by atoms with Gasteiger partial charge in [0.25, 0.3) is 11.8 Å². The number of morpholine rings is 1. The fourth-order valence-corrected chi connectivity index (χ4v) is 10.9. The zero-order chi connectivity index (χ0) is 39.8. The number of carbonyl (C=O) groups excluding carboxylic acids is 3. The average Bonchev–Trinajstić information content (AvgIpc) is 3.33. The second kappa shape index (κ2) is 16.4. The highest BCUT2D eigenvalue weighted by atomic mass is 35.5. The van der Waals surface area contributed by atoms with Gasteiger partial charge < -0.3 is 29.3 Å². The summed E-state index contributed by atoms with van der Waals surface area (Å²) in [6.07, 6.45) is 9.42. The van der Waals surface area contributed by atoms with E-state index in [9.17, 15) is 22.8 Å². The Labute approximate surface area is 335 Å². The van der Waals surface area contributed by atoms with E-state index in [-0.39, 0.29) is 46.8 Å². The van der Waals surface area contributed by atoms with Gasteiger partial charge in [0.2, 0.25) is 10.0 Å². The molecule has 6 aliphatic rings. The Hall–Kier alpha value is -3.49. The van der Waals surface area contributed by atoms with Gasteiger partial charge in [0.1, 0.15) is 17.5 Å². The molecule has 4 heterocycles. The van der Waals surface area contributed by atoms with Crippen LogP contribution in [0.15, 0.2) is 48.6 Å². The van der Waals surface area contributed by atoms with Crippen LogP contribution in [-0.2, 0) is 40.9 Å². The molecular formula is C42H55ClN4O8S. The maximum atomic E-state index is 13.4. The lowest BCUT2D eigenvalue weighted by molar-refractivity contribution is -0.159. The Bertz CT molecular complexity index is 1960. The van der Waals surface area contributed by atoms with Gasteiger partial charge in [0.05, 0.1) is 30.2 Å². The van der Waals surface area contributed by atoms with Crippen LogP contribution in [0.4, 0.5) is 5.69 Å². The van der Waals surface area contributed by atoms with Crippen molar-refractivity contribution in [2.45, 2.75) is 87.7 Å². The minimum Gasteiger partial charge on any atom is -0.490 e. The SMILES string of the molecule is CO[C@]1(C=O)/C=C/C[C@H](C)[C@@H](C)S(=O)(=O)NC(=O)c2ccc3c(c2)N(C[C@@H]2CC[C@H]21)C[C@@]1(CCCc2cc(Cl)ccc21)CO3.C[C@@H]1OC[C@@H]2CNCCN2C1=O. The van der Waals surface area contributed by atoms with Crippen molar-refractivity contribution in [2.75, 3.05) is 57.9 Å². The highest BCUT2D eigenvalue weighted by molar-refractivity contribution is 7.90. The van der Waals surface area contributed by atoms with Crippen LogP contribution in [0, 0.1) is 17.8 Å². The van der Waals surface area contributed by atoms with E-state index in [4.69, 9.17) is 25.8 Å². The standard InChI is InChI=1S/C34H41ClN2O6S.C8H14N2O2/c1-22-6-4-15-34(20-38,42-3)29-11-8-26(29)18-37-19-33(14-5-7-24-16-27(35)10-12-28(24)33)21-43-31-13-9-25(17-30(31)37)32(39)36-44(40,41)23(22)2;1-6-8(11)10-3-2-9-4-7(10)5-12-6/h4,9-10,12-13,15-17,20,22-23,26,29H,5-8,11,14,18-19,21H2,1-3H3,(H,36,39);6-7,9H,2-5H2,1H3/b15-4+;/t22-,23+,26-,29+,33-,34-;6-,7-/m00/s1. The first kappa shape index (κ1) is 40.7. The molecule has 2 aromatic rings. The van der Waals surface area contributed by atoms with Gasteiger partial charge in [-0.1, -0.05) is 30.7 Å². The minimum atomic E-state index is -3.97. The fourth-order valence-electron chi connectivity index (χ4n) is 9.44. The number of anilines is 1. The summed E-state index contributed by atoms with van der Waals surface area (Å²) in [5.74, 6) is -0.0566. The summed E-state index contributed by atoms with van der Waals surface area (Å²) in [6, 6.07) is 11.5. The maximum Gasteiger partial charge on any atom is 0.264 e. The zero-order valence-corrected chi connectivity index (χ0v) is 34.4. The van der Waals surface area contributed by atoms with E-state index in [0.29, 0.717) is 43.5 Å². The van der Waals surface area contributed by atoms with Crippen LogP contribution in [-0.4, -0.2) is 107 Å². The molecule has 4 aliphatic heterocycles. The molecule has 2 saturated heterocycles. The molecule has 2 N–H and O–H groups in total. The average molecular weight is 811 g/mol. The number of nitrogens with zero attached hydrogens (tertiary/aromatic N) is 2. The monoisotopic (exact) mass is 810 g/mol. The van der Waals surface area contributed by atoms with Crippen molar-refractivity contribution in [3.05, 3.63) is 70.3 Å². The largest absolute Gasteiger partial charge is 0.490 e. The highest BCUT2D eigenvalue weighted by Crippen LogP contribution is 2.48. The molecule has 12 nitrogen and oxygen atoms in total. The minimum absolute atomic E-state index is 0.0434. The molecule has 56 heavy (non-hydrogen) atoms. The van der Waals surface area contributed by atoms with E-state index in [1.54, 1.807) is 32.2 Å². The Balaban J connectivity index is 0.000000339. The van der Waals surface area contributed by atoms with Crippen LogP contribution in [0.5, 0.6) is 5.75 Å². The smallest absolute Gasteiger partial charge is 0.264 e. The van der Waals surface area contributed by atoms with E-state index < -0.39 is 26.8 Å². The molecule has 8 atom stereocenters. The molecule has 304 valence electrons. The van der Waals surface area contributed by atoms with Crippen LogP contribution >= 0.6 is 11.6 Å². The van der Waals surface area contributed by atoms with Crippen molar-refractivity contribution in [3.63, 3.8) is 0 Å². The van der Waals surface area contributed by atoms with Crippen molar-refractivity contribution in [3.8, 4) is 5.75 Å². The Morgan fingerprint density at radius 2 is 1.91 bits per heavy atom. The third-order valence-corrected chi connectivity index (χ3v) is 15.4. The zero-order valence-electron chi connectivity index (χ0n) is 32.8. The molecule has 3 fully saturated rings. The lowest BCUT2D eigenvalue weighted by Crippen LogP contribution is -2.61. The predicted octanol–water partition coefficient (Wildman–Crippen LogP) is 4.67. The summed E-state index contributed by atoms with van der Waals surface area (Å²) >= 11 is 6.40. The van der Waals surface area contributed by atoms with Gasteiger partial charge in [-0.05, 0) is 112 Å². The number of allylic oxidation sites excluding steroid dienone is 1. The molecule has 2 bridgehead atoms. The summed E-state index contributed by atoms with van der Waals surface area (Å²) in [5, 5.41) is 3.12. The van der Waals surface area contributed by atoms with Gasteiger partial charge in [-0.25, -0.2) is 13.1 Å². The molecule has 0 radical (unpaired) electrons. The maximum absolute atomic E-state index is 13.4. The number of rotatable bonds is 2. The number of carbonyl (C=O) groups is 3. The summed E-state index contributed by atoms with van der Waals surface area (Å²) < 4.78 is 46.7. The number of aryl methyl sites for hydroxylation is 1. The summed E-state index contributed by atoms with van der Waals surface area (Å²) in [6.45, 7) is 10.3. The fraction of sp³-hybridized carbons (Fsp3) is 0.595. The molecule has 2 amide bonds. The third-order valence-electron chi connectivity index (χ3n) is 13.2. The van der Waals surface area contributed by atoms with E-state index in [1.165, 1.54) is 11.1 Å². The number of aldehydes is 1. The van der Waals surface area contributed by atoms with Gasteiger partial charge in [0, 0.05) is 61.8 Å².